The molecule has 12 heteroatoms. The molecule has 8 N–H and O–H groups in total. The first kappa shape index (κ1) is 28.3. The van der Waals surface area contributed by atoms with Crippen molar-refractivity contribution in [2.75, 3.05) is 0 Å². The zero-order valence-corrected chi connectivity index (χ0v) is 18.4. The van der Waals surface area contributed by atoms with Gasteiger partial charge in [0.2, 0.25) is 17.7 Å². The fourth-order valence-corrected chi connectivity index (χ4v) is 2.65. The maximum Gasteiger partial charge on any atom is 0.328 e. The number of carbonyl (C=O) groups is 5. The van der Waals surface area contributed by atoms with E-state index >= 15 is 0 Å². The van der Waals surface area contributed by atoms with E-state index in [0.29, 0.717) is 6.42 Å². The number of carboxylic acid groups (broad SMARTS) is 2. The molecule has 0 bridgehead atoms. The number of nitrogens with two attached hydrogens (primary N) is 1. The highest BCUT2D eigenvalue weighted by Gasteiger charge is 2.34. The van der Waals surface area contributed by atoms with Gasteiger partial charge in [0, 0.05) is 0 Å². The van der Waals surface area contributed by atoms with Crippen molar-refractivity contribution in [2.45, 2.75) is 77.7 Å². The van der Waals surface area contributed by atoms with Gasteiger partial charge in [-0.3, -0.25) is 19.2 Å². The van der Waals surface area contributed by atoms with E-state index in [2.05, 4.69) is 16.0 Å². The van der Waals surface area contributed by atoms with Crippen molar-refractivity contribution >= 4 is 29.7 Å². The summed E-state index contributed by atoms with van der Waals surface area (Å²) in [6, 6.07) is -5.17. The number of carboxylic acids is 2. The smallest absolute Gasteiger partial charge is 0.328 e. The molecule has 0 aliphatic rings. The summed E-state index contributed by atoms with van der Waals surface area (Å²) in [5.74, 6) is -5.87. The van der Waals surface area contributed by atoms with Gasteiger partial charge in [-0.15, -0.1) is 0 Å². The number of hydrogen-bond acceptors (Lipinski definition) is 7. The molecule has 0 aromatic heterocycles. The lowest BCUT2D eigenvalue weighted by Crippen LogP contribution is -2.60. The van der Waals surface area contributed by atoms with Crippen molar-refractivity contribution in [3.63, 3.8) is 0 Å². The molecular weight excluding hydrogens is 412 g/mol. The van der Waals surface area contributed by atoms with Gasteiger partial charge in [0.05, 0.1) is 18.6 Å². The average molecular weight is 447 g/mol. The lowest BCUT2D eigenvalue weighted by Gasteiger charge is -2.29. The van der Waals surface area contributed by atoms with Crippen LogP contribution in [-0.4, -0.2) is 75.3 Å². The zero-order chi connectivity index (χ0) is 24.5. The minimum Gasteiger partial charge on any atom is -0.481 e. The molecule has 0 aromatic carbocycles. The second kappa shape index (κ2) is 12.8. The van der Waals surface area contributed by atoms with E-state index in [4.69, 9.17) is 15.9 Å². The van der Waals surface area contributed by atoms with E-state index in [1.165, 1.54) is 6.92 Å². The van der Waals surface area contributed by atoms with Crippen LogP contribution in [0.1, 0.15) is 47.5 Å². The van der Waals surface area contributed by atoms with E-state index < -0.39 is 78.2 Å². The zero-order valence-electron chi connectivity index (χ0n) is 18.4. The Bertz CT molecular complexity index is 667. The number of aliphatic hydroxyl groups is 1. The SMILES string of the molecule is CCC(C)C(NC(=O)C(NC(=O)C(N)CC(=O)O)C(C)C)C(=O)NC(C(=O)O)C(C)O. The summed E-state index contributed by atoms with van der Waals surface area (Å²) in [4.78, 5) is 59.6. The molecule has 0 aromatic rings. The molecule has 0 aliphatic heterocycles. The van der Waals surface area contributed by atoms with Crippen molar-refractivity contribution in [1.29, 1.82) is 0 Å². The third-order valence-corrected chi connectivity index (χ3v) is 4.82. The van der Waals surface area contributed by atoms with Crippen LogP contribution in [0.3, 0.4) is 0 Å². The molecule has 0 radical (unpaired) electrons. The summed E-state index contributed by atoms with van der Waals surface area (Å²) >= 11 is 0. The van der Waals surface area contributed by atoms with Crippen molar-refractivity contribution in [1.82, 2.24) is 16.0 Å². The van der Waals surface area contributed by atoms with Crippen LogP contribution in [0.4, 0.5) is 0 Å². The monoisotopic (exact) mass is 446 g/mol. The fraction of sp³-hybridized carbons (Fsp3) is 0.737. The Labute approximate surface area is 180 Å². The first-order chi connectivity index (χ1) is 14.2. The number of carbonyl (C=O) groups excluding carboxylic acids is 3. The van der Waals surface area contributed by atoms with Gasteiger partial charge in [0.1, 0.15) is 12.1 Å². The first-order valence-corrected chi connectivity index (χ1v) is 10.0. The summed E-state index contributed by atoms with van der Waals surface area (Å²) in [5.41, 5.74) is 5.53. The van der Waals surface area contributed by atoms with Crippen LogP contribution in [0, 0.1) is 11.8 Å². The van der Waals surface area contributed by atoms with E-state index in [0.717, 1.165) is 0 Å². The minimum absolute atomic E-state index is 0.398. The molecule has 0 heterocycles. The summed E-state index contributed by atoms with van der Waals surface area (Å²) in [6.45, 7) is 7.93. The summed E-state index contributed by atoms with van der Waals surface area (Å²) in [7, 11) is 0. The summed E-state index contributed by atoms with van der Waals surface area (Å²) in [6.07, 6.45) is -1.52. The predicted octanol–water partition coefficient (Wildman–Crippen LogP) is -1.59. The summed E-state index contributed by atoms with van der Waals surface area (Å²) in [5, 5.41) is 34.6. The minimum atomic E-state index is -1.56. The number of nitrogens with one attached hydrogen (secondary N) is 3. The molecule has 6 unspecified atom stereocenters. The third-order valence-electron chi connectivity index (χ3n) is 4.82. The molecule has 12 nitrogen and oxygen atoms in total. The van der Waals surface area contributed by atoms with Gasteiger partial charge in [-0.05, 0) is 18.8 Å². The van der Waals surface area contributed by atoms with Gasteiger partial charge in [-0.1, -0.05) is 34.1 Å². The summed E-state index contributed by atoms with van der Waals surface area (Å²) < 4.78 is 0. The average Bonchev–Trinajstić information content (AvgIpc) is 2.65. The van der Waals surface area contributed by atoms with E-state index in [9.17, 15) is 29.1 Å². The number of aliphatic hydroxyl groups excluding tert-OH is 1. The second-order valence-electron chi connectivity index (χ2n) is 7.87. The van der Waals surface area contributed by atoms with Crippen LogP contribution < -0.4 is 21.7 Å². The topological polar surface area (TPSA) is 208 Å². The van der Waals surface area contributed by atoms with E-state index in [1.807, 2.05) is 0 Å². The van der Waals surface area contributed by atoms with Crippen LogP contribution >= 0.6 is 0 Å². The third kappa shape index (κ3) is 9.30. The van der Waals surface area contributed by atoms with E-state index in [-0.39, 0.29) is 0 Å². The Morgan fingerprint density at radius 3 is 1.65 bits per heavy atom. The highest BCUT2D eigenvalue weighted by molar-refractivity contribution is 5.95. The second-order valence-corrected chi connectivity index (χ2v) is 7.87. The van der Waals surface area contributed by atoms with Crippen LogP contribution in [0.15, 0.2) is 0 Å². The lowest BCUT2D eigenvalue weighted by molar-refractivity contribution is -0.145. The van der Waals surface area contributed by atoms with Crippen LogP contribution in [0.5, 0.6) is 0 Å². The van der Waals surface area contributed by atoms with Gasteiger partial charge in [0.15, 0.2) is 6.04 Å². The highest BCUT2D eigenvalue weighted by atomic mass is 16.4. The Morgan fingerprint density at radius 2 is 1.26 bits per heavy atom. The maximum atomic E-state index is 12.8. The molecule has 0 rings (SSSR count). The van der Waals surface area contributed by atoms with Gasteiger partial charge in [-0.2, -0.15) is 0 Å². The Balaban J connectivity index is 5.49. The quantitative estimate of drug-likeness (QED) is 0.174. The molecule has 0 fully saturated rings. The number of aliphatic carboxylic acids is 2. The number of amides is 3. The highest BCUT2D eigenvalue weighted by Crippen LogP contribution is 2.11. The fourth-order valence-electron chi connectivity index (χ4n) is 2.65. The van der Waals surface area contributed by atoms with Crippen molar-refractivity contribution in [2.24, 2.45) is 17.6 Å². The molecule has 31 heavy (non-hydrogen) atoms. The van der Waals surface area contributed by atoms with Crippen molar-refractivity contribution in [3.8, 4) is 0 Å². The number of rotatable bonds is 13. The van der Waals surface area contributed by atoms with E-state index in [1.54, 1.807) is 27.7 Å². The normalized spacial score (nSPS) is 16.9. The molecule has 0 saturated heterocycles. The predicted molar refractivity (Wildman–Crippen MR) is 110 cm³/mol. The van der Waals surface area contributed by atoms with Crippen LogP contribution in [0.25, 0.3) is 0 Å². The standard InChI is InChI=1S/C19H34N4O8/c1-6-9(4)14(18(29)23-15(10(5)24)19(30)31)22-17(28)13(8(2)3)21-16(27)11(20)7-12(25)26/h8-11,13-15,24H,6-7,20H2,1-5H3,(H,21,27)(H,22,28)(H,23,29)(H,25,26)(H,30,31). The molecule has 178 valence electrons. The molecular formula is C19H34N4O8. The van der Waals surface area contributed by atoms with Crippen molar-refractivity contribution < 1.29 is 39.3 Å². The Kier molecular flexibility index (Phi) is 11.7. The van der Waals surface area contributed by atoms with Gasteiger partial charge >= 0.3 is 11.9 Å². The maximum absolute atomic E-state index is 12.8. The molecule has 3 amide bonds. The van der Waals surface area contributed by atoms with Crippen LogP contribution in [-0.2, 0) is 24.0 Å². The van der Waals surface area contributed by atoms with Crippen molar-refractivity contribution in [3.05, 3.63) is 0 Å². The van der Waals surface area contributed by atoms with Gasteiger partial charge in [0.25, 0.3) is 0 Å². The van der Waals surface area contributed by atoms with Gasteiger partial charge < -0.3 is 37.0 Å². The lowest BCUT2D eigenvalue weighted by atomic mass is 9.96. The molecule has 0 aliphatic carbocycles. The first-order valence-electron chi connectivity index (χ1n) is 10.0. The largest absolute Gasteiger partial charge is 0.481 e. The Hall–Kier alpha value is -2.73. The molecule has 6 atom stereocenters. The van der Waals surface area contributed by atoms with Crippen LogP contribution in [0.2, 0.25) is 0 Å². The molecule has 0 saturated carbocycles. The number of hydrogen-bond donors (Lipinski definition) is 7. The Morgan fingerprint density at radius 1 is 0.806 bits per heavy atom. The van der Waals surface area contributed by atoms with Gasteiger partial charge in [-0.25, -0.2) is 4.79 Å². The molecule has 0 spiro atoms.